The molecule has 1 atom stereocenters. The highest BCUT2D eigenvalue weighted by atomic mass is 79.9. The van der Waals surface area contributed by atoms with Crippen LogP contribution in [0.15, 0.2) is 71.2 Å². The minimum atomic E-state index is -2.12. The van der Waals surface area contributed by atoms with E-state index >= 15 is 0 Å². The van der Waals surface area contributed by atoms with Crippen LogP contribution in [-0.4, -0.2) is 21.7 Å². The van der Waals surface area contributed by atoms with Gasteiger partial charge in [0.25, 0.3) is 11.6 Å². The van der Waals surface area contributed by atoms with Crippen LogP contribution in [-0.2, 0) is 16.9 Å². The Hall–Kier alpha value is -3.07. The van der Waals surface area contributed by atoms with Gasteiger partial charge in [0.15, 0.2) is 11.4 Å². The fourth-order valence-electron chi connectivity index (χ4n) is 3.77. The molecule has 0 unspecified atom stereocenters. The third-order valence-corrected chi connectivity index (χ3v) is 6.24. The van der Waals surface area contributed by atoms with E-state index in [-0.39, 0.29) is 23.4 Å². The molecule has 32 heavy (non-hydrogen) atoms. The number of carbonyl (C=O) groups excluding carboxylic acids is 2. The van der Waals surface area contributed by atoms with Crippen molar-refractivity contribution in [2.24, 2.45) is 0 Å². The molecule has 1 aliphatic heterocycles. The molecule has 9 heteroatoms. The second-order valence-electron chi connectivity index (χ2n) is 7.41. The van der Waals surface area contributed by atoms with Gasteiger partial charge in [-0.15, -0.1) is 0 Å². The zero-order valence-corrected chi connectivity index (χ0v) is 18.8. The van der Waals surface area contributed by atoms with Gasteiger partial charge in [-0.1, -0.05) is 57.9 Å². The molecule has 0 fully saturated rings. The lowest BCUT2D eigenvalue weighted by Gasteiger charge is -2.23. The fourth-order valence-corrected chi connectivity index (χ4v) is 4.33. The molecule has 1 amide bonds. The van der Waals surface area contributed by atoms with Crippen molar-refractivity contribution in [2.45, 2.75) is 18.6 Å². The fraction of sp³-hybridized carbons (Fsp3) is 0.130. The number of nitrogens with zero attached hydrogens (tertiary/aromatic N) is 2. The summed E-state index contributed by atoms with van der Waals surface area (Å²) >= 11 is 9.61. The van der Waals surface area contributed by atoms with E-state index in [1.807, 2.05) is 0 Å². The standard InChI is InChI=1S/C23H16BrClN2O5/c24-16-8-9-20-18(11-16)23(30,12-21(28)14-5-3-6-17(10-14)27(31)32)22(29)26(20)13-15-4-1-2-7-19(15)25/h1-11,30H,12-13H2/t23-/m1/s1. The number of nitro benzene ring substituents is 1. The normalized spacial score (nSPS) is 17.3. The van der Waals surface area contributed by atoms with Crippen molar-refractivity contribution in [1.82, 2.24) is 0 Å². The molecule has 3 aromatic carbocycles. The predicted molar refractivity (Wildman–Crippen MR) is 123 cm³/mol. The van der Waals surface area contributed by atoms with Crippen LogP contribution >= 0.6 is 27.5 Å². The lowest BCUT2D eigenvalue weighted by atomic mass is 9.88. The minimum Gasteiger partial charge on any atom is -0.375 e. The summed E-state index contributed by atoms with van der Waals surface area (Å²) in [5.41, 5.74) is -0.895. The van der Waals surface area contributed by atoms with Crippen LogP contribution in [0.3, 0.4) is 0 Å². The lowest BCUT2D eigenvalue weighted by molar-refractivity contribution is -0.384. The zero-order valence-electron chi connectivity index (χ0n) is 16.5. The third-order valence-electron chi connectivity index (χ3n) is 5.38. The molecular weight excluding hydrogens is 500 g/mol. The molecule has 0 aromatic heterocycles. The number of rotatable bonds is 6. The van der Waals surface area contributed by atoms with E-state index in [2.05, 4.69) is 15.9 Å². The number of non-ortho nitro benzene ring substituents is 1. The first kappa shape index (κ1) is 22.1. The first-order valence-corrected chi connectivity index (χ1v) is 10.7. The number of ketones is 1. The van der Waals surface area contributed by atoms with Crippen LogP contribution in [0.1, 0.15) is 27.9 Å². The van der Waals surface area contributed by atoms with Crippen molar-refractivity contribution in [1.29, 1.82) is 0 Å². The second kappa shape index (κ2) is 8.46. The average Bonchev–Trinajstić information content (AvgIpc) is 2.96. The van der Waals surface area contributed by atoms with Gasteiger partial charge in [0.2, 0.25) is 0 Å². The van der Waals surface area contributed by atoms with Gasteiger partial charge in [-0.25, -0.2) is 0 Å². The number of anilines is 1. The van der Waals surface area contributed by atoms with Gasteiger partial charge in [-0.2, -0.15) is 0 Å². The Morgan fingerprint density at radius 1 is 1.12 bits per heavy atom. The number of hydrogen-bond donors (Lipinski definition) is 1. The van der Waals surface area contributed by atoms with Gasteiger partial charge in [0.05, 0.1) is 23.6 Å². The molecular formula is C23H16BrClN2O5. The predicted octanol–water partition coefficient (Wildman–Crippen LogP) is 5.02. The van der Waals surface area contributed by atoms with Crippen molar-refractivity contribution < 1.29 is 19.6 Å². The van der Waals surface area contributed by atoms with Crippen molar-refractivity contribution in [2.75, 3.05) is 4.90 Å². The Morgan fingerprint density at radius 3 is 2.59 bits per heavy atom. The highest BCUT2D eigenvalue weighted by Crippen LogP contribution is 2.45. The largest absolute Gasteiger partial charge is 0.375 e. The van der Waals surface area contributed by atoms with Gasteiger partial charge < -0.3 is 10.0 Å². The molecule has 7 nitrogen and oxygen atoms in total. The van der Waals surface area contributed by atoms with E-state index in [1.54, 1.807) is 42.5 Å². The molecule has 0 spiro atoms. The summed E-state index contributed by atoms with van der Waals surface area (Å²) < 4.78 is 0.630. The lowest BCUT2D eigenvalue weighted by Crippen LogP contribution is -2.41. The van der Waals surface area contributed by atoms with Crippen LogP contribution in [0.4, 0.5) is 11.4 Å². The summed E-state index contributed by atoms with van der Waals surface area (Å²) in [6.07, 6.45) is -0.560. The summed E-state index contributed by atoms with van der Waals surface area (Å²) in [5.74, 6) is -1.25. The van der Waals surface area contributed by atoms with E-state index in [1.165, 1.54) is 23.1 Å². The zero-order chi connectivity index (χ0) is 23.0. The summed E-state index contributed by atoms with van der Waals surface area (Å²) in [6.45, 7) is 0.112. The van der Waals surface area contributed by atoms with Crippen molar-refractivity contribution in [3.63, 3.8) is 0 Å². The first-order chi connectivity index (χ1) is 15.2. The number of nitro groups is 1. The van der Waals surface area contributed by atoms with E-state index in [9.17, 15) is 24.8 Å². The maximum absolute atomic E-state index is 13.4. The molecule has 1 aliphatic rings. The Morgan fingerprint density at radius 2 is 1.88 bits per heavy atom. The van der Waals surface area contributed by atoms with Gasteiger partial charge in [-0.05, 0) is 29.8 Å². The Kier molecular flexibility index (Phi) is 5.85. The van der Waals surface area contributed by atoms with Gasteiger partial charge >= 0.3 is 0 Å². The van der Waals surface area contributed by atoms with Crippen molar-refractivity contribution in [3.05, 3.63) is 103 Å². The molecule has 0 bridgehead atoms. The number of fused-ring (bicyclic) bond motifs is 1. The quantitative estimate of drug-likeness (QED) is 0.282. The van der Waals surface area contributed by atoms with Crippen molar-refractivity contribution in [3.8, 4) is 0 Å². The Balaban J connectivity index is 1.72. The van der Waals surface area contributed by atoms with Crippen molar-refractivity contribution >= 4 is 50.6 Å². The SMILES string of the molecule is O=C(C[C@]1(O)C(=O)N(Cc2ccccc2Cl)c2ccc(Br)cc21)c1cccc([N+](=O)[O-])c1. The maximum Gasteiger partial charge on any atom is 0.270 e. The van der Waals surface area contributed by atoms with Gasteiger partial charge in [-0.3, -0.25) is 19.7 Å². The van der Waals surface area contributed by atoms with Gasteiger partial charge in [0.1, 0.15) is 0 Å². The highest BCUT2D eigenvalue weighted by Gasteiger charge is 2.51. The average molecular weight is 516 g/mol. The number of benzene rings is 3. The number of halogens is 2. The summed E-state index contributed by atoms with van der Waals surface area (Å²) in [7, 11) is 0. The van der Waals surface area contributed by atoms with Crippen LogP contribution in [0.2, 0.25) is 5.02 Å². The van der Waals surface area contributed by atoms with E-state index < -0.39 is 28.6 Å². The molecule has 0 radical (unpaired) electrons. The van der Waals surface area contributed by atoms with E-state index in [0.29, 0.717) is 20.7 Å². The summed E-state index contributed by atoms with van der Waals surface area (Å²) in [6, 6.07) is 17.3. The molecule has 4 rings (SSSR count). The van der Waals surface area contributed by atoms with Gasteiger partial charge in [0, 0.05) is 32.8 Å². The van der Waals surface area contributed by atoms with Crippen LogP contribution in [0, 0.1) is 10.1 Å². The first-order valence-electron chi connectivity index (χ1n) is 9.56. The van der Waals surface area contributed by atoms with Crippen LogP contribution in [0.5, 0.6) is 0 Å². The Labute approximate surface area is 196 Å². The molecule has 0 aliphatic carbocycles. The number of amides is 1. The number of aliphatic hydroxyl groups is 1. The van der Waals surface area contributed by atoms with Crippen LogP contribution < -0.4 is 4.90 Å². The Bertz CT molecular complexity index is 1260. The topological polar surface area (TPSA) is 101 Å². The molecule has 1 heterocycles. The molecule has 0 saturated carbocycles. The van der Waals surface area contributed by atoms with E-state index in [0.717, 1.165) is 6.07 Å². The summed E-state index contributed by atoms with van der Waals surface area (Å²) in [5, 5.41) is 23.0. The highest BCUT2D eigenvalue weighted by molar-refractivity contribution is 9.10. The summed E-state index contributed by atoms with van der Waals surface area (Å²) in [4.78, 5) is 38.2. The third kappa shape index (κ3) is 3.92. The second-order valence-corrected chi connectivity index (χ2v) is 8.73. The molecule has 3 aromatic rings. The maximum atomic E-state index is 13.4. The minimum absolute atomic E-state index is 0.0431. The van der Waals surface area contributed by atoms with Crippen LogP contribution in [0.25, 0.3) is 0 Å². The number of hydrogen-bond acceptors (Lipinski definition) is 5. The monoisotopic (exact) mass is 514 g/mol. The number of carbonyl (C=O) groups is 2. The molecule has 162 valence electrons. The molecule has 0 saturated heterocycles. The number of Topliss-reactive ketones (excluding diaryl/α,β-unsaturated/α-hetero) is 1. The molecule has 1 N–H and O–H groups in total. The smallest absolute Gasteiger partial charge is 0.270 e. The van der Waals surface area contributed by atoms with E-state index in [4.69, 9.17) is 11.6 Å².